The van der Waals surface area contributed by atoms with Crippen LogP contribution in [0.1, 0.15) is 42.6 Å². The normalized spacial score (nSPS) is 10.5. The molecule has 4 heteroatoms. The highest BCUT2D eigenvalue weighted by molar-refractivity contribution is 6.05. The van der Waals surface area contributed by atoms with Crippen molar-refractivity contribution in [2.45, 2.75) is 26.7 Å². The summed E-state index contributed by atoms with van der Waals surface area (Å²) in [4.78, 5) is 12.5. The van der Waals surface area contributed by atoms with E-state index in [1.807, 2.05) is 31.2 Å². The lowest BCUT2D eigenvalue weighted by molar-refractivity contribution is 0.102. The van der Waals surface area contributed by atoms with Gasteiger partial charge in [0, 0.05) is 11.3 Å². The SMILES string of the molecule is CCOc1ccc(C(=O)Nc2ccccc2C(C)C)cc1OC. The Labute approximate surface area is 137 Å². The number of anilines is 1. The molecule has 0 saturated carbocycles. The molecule has 1 amide bonds. The quantitative estimate of drug-likeness (QED) is 0.856. The molecule has 0 unspecified atom stereocenters. The lowest BCUT2D eigenvalue weighted by Crippen LogP contribution is -2.14. The molecule has 0 fully saturated rings. The summed E-state index contributed by atoms with van der Waals surface area (Å²) >= 11 is 0. The van der Waals surface area contributed by atoms with Gasteiger partial charge in [0.25, 0.3) is 5.91 Å². The molecule has 0 aromatic heterocycles. The molecule has 23 heavy (non-hydrogen) atoms. The Kier molecular flexibility index (Phi) is 5.63. The summed E-state index contributed by atoms with van der Waals surface area (Å²) in [7, 11) is 1.56. The Morgan fingerprint density at radius 3 is 2.52 bits per heavy atom. The summed E-state index contributed by atoms with van der Waals surface area (Å²) in [5.74, 6) is 1.35. The lowest BCUT2D eigenvalue weighted by atomic mass is 10.0. The highest BCUT2D eigenvalue weighted by atomic mass is 16.5. The fraction of sp³-hybridized carbons (Fsp3) is 0.316. The van der Waals surface area contributed by atoms with E-state index in [0.717, 1.165) is 11.3 Å². The minimum Gasteiger partial charge on any atom is -0.493 e. The number of hydrogen-bond acceptors (Lipinski definition) is 3. The average molecular weight is 313 g/mol. The van der Waals surface area contributed by atoms with Crippen LogP contribution in [0.4, 0.5) is 5.69 Å². The first kappa shape index (κ1) is 16.9. The first-order valence-corrected chi connectivity index (χ1v) is 7.78. The van der Waals surface area contributed by atoms with Gasteiger partial charge >= 0.3 is 0 Å². The Hall–Kier alpha value is -2.49. The number of ether oxygens (including phenoxy) is 2. The minimum absolute atomic E-state index is 0.167. The topological polar surface area (TPSA) is 47.6 Å². The monoisotopic (exact) mass is 313 g/mol. The molecule has 0 spiro atoms. The largest absolute Gasteiger partial charge is 0.493 e. The molecule has 1 N–H and O–H groups in total. The summed E-state index contributed by atoms with van der Waals surface area (Å²) in [6.07, 6.45) is 0. The van der Waals surface area contributed by atoms with Crippen molar-refractivity contribution in [1.29, 1.82) is 0 Å². The van der Waals surface area contributed by atoms with Gasteiger partial charge in [0.05, 0.1) is 13.7 Å². The standard InChI is InChI=1S/C19H23NO3/c1-5-23-17-11-10-14(12-18(17)22-4)19(21)20-16-9-7-6-8-15(16)13(2)3/h6-13H,5H2,1-4H3,(H,20,21). The minimum atomic E-state index is -0.167. The van der Waals surface area contributed by atoms with Crippen LogP contribution in [-0.4, -0.2) is 19.6 Å². The first-order chi connectivity index (χ1) is 11.1. The number of nitrogens with one attached hydrogen (secondary N) is 1. The second-order valence-electron chi connectivity index (χ2n) is 5.49. The molecule has 2 rings (SSSR count). The second kappa shape index (κ2) is 7.68. The number of para-hydroxylation sites is 1. The third-order valence-corrected chi connectivity index (χ3v) is 3.56. The zero-order chi connectivity index (χ0) is 16.8. The van der Waals surface area contributed by atoms with Crippen molar-refractivity contribution in [2.75, 3.05) is 19.0 Å². The molecule has 0 aliphatic carbocycles. The number of amides is 1. The van der Waals surface area contributed by atoms with Crippen LogP contribution in [0.3, 0.4) is 0 Å². The molecule has 0 saturated heterocycles. The van der Waals surface area contributed by atoms with Crippen LogP contribution in [-0.2, 0) is 0 Å². The Balaban J connectivity index is 2.25. The molecular formula is C19H23NO3. The van der Waals surface area contributed by atoms with Crippen molar-refractivity contribution in [3.05, 3.63) is 53.6 Å². The van der Waals surface area contributed by atoms with Crippen molar-refractivity contribution in [1.82, 2.24) is 0 Å². The van der Waals surface area contributed by atoms with E-state index in [0.29, 0.717) is 29.6 Å². The highest BCUT2D eigenvalue weighted by Gasteiger charge is 2.13. The maximum atomic E-state index is 12.5. The van der Waals surface area contributed by atoms with Crippen molar-refractivity contribution >= 4 is 11.6 Å². The van der Waals surface area contributed by atoms with Crippen LogP contribution in [0.5, 0.6) is 11.5 Å². The smallest absolute Gasteiger partial charge is 0.255 e. The van der Waals surface area contributed by atoms with E-state index in [4.69, 9.17) is 9.47 Å². The zero-order valence-corrected chi connectivity index (χ0v) is 14.1. The molecule has 0 aliphatic rings. The maximum absolute atomic E-state index is 12.5. The number of benzene rings is 2. The first-order valence-electron chi connectivity index (χ1n) is 7.78. The van der Waals surface area contributed by atoms with Crippen molar-refractivity contribution in [3.8, 4) is 11.5 Å². The van der Waals surface area contributed by atoms with Gasteiger partial charge in [-0.2, -0.15) is 0 Å². The average Bonchev–Trinajstić information content (AvgIpc) is 2.55. The summed E-state index contributed by atoms with van der Waals surface area (Å²) in [6.45, 7) is 6.66. The van der Waals surface area contributed by atoms with Crippen LogP contribution in [0, 0.1) is 0 Å². The molecule has 2 aromatic carbocycles. The van der Waals surface area contributed by atoms with Crippen molar-refractivity contribution in [2.24, 2.45) is 0 Å². The Bertz CT molecular complexity index is 680. The van der Waals surface area contributed by atoms with Gasteiger partial charge in [0.1, 0.15) is 0 Å². The number of methoxy groups -OCH3 is 1. The van der Waals surface area contributed by atoms with Crippen LogP contribution in [0.15, 0.2) is 42.5 Å². The van der Waals surface area contributed by atoms with Gasteiger partial charge in [-0.25, -0.2) is 0 Å². The Morgan fingerprint density at radius 2 is 1.87 bits per heavy atom. The summed E-state index contributed by atoms with van der Waals surface area (Å²) in [5.41, 5.74) is 2.47. The second-order valence-corrected chi connectivity index (χ2v) is 5.49. The molecule has 0 atom stereocenters. The fourth-order valence-corrected chi connectivity index (χ4v) is 2.39. The molecule has 0 aliphatic heterocycles. The van der Waals surface area contributed by atoms with Crippen LogP contribution >= 0.6 is 0 Å². The van der Waals surface area contributed by atoms with Gasteiger partial charge in [-0.3, -0.25) is 4.79 Å². The van der Waals surface area contributed by atoms with E-state index in [1.165, 1.54) is 0 Å². The van der Waals surface area contributed by atoms with Crippen molar-refractivity contribution < 1.29 is 14.3 Å². The number of hydrogen-bond donors (Lipinski definition) is 1. The molecule has 0 radical (unpaired) electrons. The van der Waals surface area contributed by atoms with Gasteiger partial charge in [0.15, 0.2) is 11.5 Å². The predicted molar refractivity (Wildman–Crippen MR) is 92.6 cm³/mol. The van der Waals surface area contributed by atoms with Gasteiger partial charge < -0.3 is 14.8 Å². The van der Waals surface area contributed by atoms with Crippen LogP contribution in [0.2, 0.25) is 0 Å². The molecule has 2 aromatic rings. The van der Waals surface area contributed by atoms with Crippen LogP contribution in [0.25, 0.3) is 0 Å². The fourth-order valence-electron chi connectivity index (χ4n) is 2.39. The molecule has 0 heterocycles. The third-order valence-electron chi connectivity index (χ3n) is 3.56. The molecule has 4 nitrogen and oxygen atoms in total. The van der Waals surface area contributed by atoms with Gasteiger partial charge in [-0.05, 0) is 42.7 Å². The van der Waals surface area contributed by atoms with Crippen LogP contribution < -0.4 is 14.8 Å². The van der Waals surface area contributed by atoms with E-state index in [9.17, 15) is 4.79 Å². The number of carbonyl (C=O) groups excluding carboxylic acids is 1. The highest BCUT2D eigenvalue weighted by Crippen LogP contribution is 2.29. The maximum Gasteiger partial charge on any atom is 0.255 e. The summed E-state index contributed by atoms with van der Waals surface area (Å²) in [5, 5.41) is 2.98. The predicted octanol–water partition coefficient (Wildman–Crippen LogP) is 4.47. The number of carbonyl (C=O) groups is 1. The van der Waals surface area contributed by atoms with Crippen molar-refractivity contribution in [3.63, 3.8) is 0 Å². The van der Waals surface area contributed by atoms with E-state index in [-0.39, 0.29) is 5.91 Å². The summed E-state index contributed by atoms with van der Waals surface area (Å²) in [6, 6.07) is 13.0. The third kappa shape index (κ3) is 4.03. The number of rotatable bonds is 6. The molecule has 0 bridgehead atoms. The molecule has 122 valence electrons. The van der Waals surface area contributed by atoms with Gasteiger partial charge in [-0.15, -0.1) is 0 Å². The summed E-state index contributed by atoms with van der Waals surface area (Å²) < 4.78 is 10.8. The molecular weight excluding hydrogens is 290 g/mol. The van der Waals surface area contributed by atoms with E-state index >= 15 is 0 Å². The lowest BCUT2D eigenvalue weighted by Gasteiger charge is -2.14. The van der Waals surface area contributed by atoms with E-state index in [2.05, 4.69) is 19.2 Å². The Morgan fingerprint density at radius 1 is 1.13 bits per heavy atom. The van der Waals surface area contributed by atoms with E-state index < -0.39 is 0 Å². The van der Waals surface area contributed by atoms with Gasteiger partial charge in [0.2, 0.25) is 0 Å². The van der Waals surface area contributed by atoms with E-state index in [1.54, 1.807) is 25.3 Å². The van der Waals surface area contributed by atoms with Gasteiger partial charge in [-0.1, -0.05) is 32.0 Å². The zero-order valence-electron chi connectivity index (χ0n) is 14.1.